The Morgan fingerprint density at radius 1 is 1.12 bits per heavy atom. The minimum Gasteiger partial charge on any atom is -0.379 e. The molecule has 0 atom stereocenters. The molecule has 0 amide bonds. The van der Waals surface area contributed by atoms with Crippen LogP contribution in [0.4, 0.5) is 5.69 Å². The average molecular weight is 214 g/mol. The summed E-state index contributed by atoms with van der Waals surface area (Å²) in [7, 11) is 2.07. The van der Waals surface area contributed by atoms with Crippen LogP contribution >= 0.6 is 0 Å². The van der Waals surface area contributed by atoms with Crippen LogP contribution in [-0.4, -0.2) is 4.57 Å². The van der Waals surface area contributed by atoms with Crippen LogP contribution in [0.15, 0.2) is 36.5 Å². The molecule has 0 aliphatic carbocycles. The number of anilines is 1. The normalized spacial score (nSPS) is 10.4. The molecule has 0 saturated heterocycles. The van der Waals surface area contributed by atoms with E-state index in [1.54, 1.807) is 0 Å². The van der Waals surface area contributed by atoms with Crippen LogP contribution in [0.2, 0.25) is 0 Å². The van der Waals surface area contributed by atoms with Crippen molar-refractivity contribution in [1.82, 2.24) is 4.57 Å². The molecule has 84 valence electrons. The second-order valence-electron chi connectivity index (χ2n) is 4.26. The molecule has 16 heavy (non-hydrogen) atoms. The Kier molecular flexibility index (Phi) is 3.00. The fourth-order valence-corrected chi connectivity index (χ4v) is 1.72. The summed E-state index contributed by atoms with van der Waals surface area (Å²) in [6, 6.07) is 10.7. The zero-order chi connectivity index (χ0) is 11.5. The maximum Gasteiger partial charge on any atom is 0.0553 e. The van der Waals surface area contributed by atoms with E-state index in [0.29, 0.717) is 0 Å². The highest BCUT2D eigenvalue weighted by Gasteiger charge is 1.98. The standard InChI is InChI=1S/C14H18N2/c1-11-6-7-13(9-12(11)2)15-10-14-5-4-8-16(14)3/h4-9,15H,10H2,1-3H3. The highest BCUT2D eigenvalue weighted by molar-refractivity contribution is 5.48. The maximum atomic E-state index is 3.44. The van der Waals surface area contributed by atoms with Crippen molar-refractivity contribution in [2.24, 2.45) is 7.05 Å². The smallest absolute Gasteiger partial charge is 0.0553 e. The van der Waals surface area contributed by atoms with Gasteiger partial charge in [0.25, 0.3) is 0 Å². The summed E-state index contributed by atoms with van der Waals surface area (Å²) in [6.45, 7) is 5.14. The fourth-order valence-electron chi connectivity index (χ4n) is 1.72. The van der Waals surface area contributed by atoms with Gasteiger partial charge in [0.1, 0.15) is 0 Å². The van der Waals surface area contributed by atoms with Crippen molar-refractivity contribution in [3.8, 4) is 0 Å². The molecule has 0 bridgehead atoms. The molecule has 0 fully saturated rings. The van der Waals surface area contributed by atoms with Crippen molar-refractivity contribution in [1.29, 1.82) is 0 Å². The molecule has 1 N–H and O–H groups in total. The second-order valence-corrected chi connectivity index (χ2v) is 4.26. The summed E-state index contributed by atoms with van der Waals surface area (Å²) in [5.74, 6) is 0. The van der Waals surface area contributed by atoms with Gasteiger partial charge in [-0.2, -0.15) is 0 Å². The van der Waals surface area contributed by atoms with E-state index in [-0.39, 0.29) is 0 Å². The molecule has 2 nitrogen and oxygen atoms in total. The van der Waals surface area contributed by atoms with E-state index in [1.807, 2.05) is 0 Å². The van der Waals surface area contributed by atoms with Crippen molar-refractivity contribution < 1.29 is 0 Å². The molecule has 1 heterocycles. The van der Waals surface area contributed by atoms with Crippen molar-refractivity contribution >= 4 is 5.69 Å². The van der Waals surface area contributed by atoms with Gasteiger partial charge in [-0.25, -0.2) is 0 Å². The fraction of sp³-hybridized carbons (Fsp3) is 0.286. The predicted octanol–water partition coefficient (Wildman–Crippen LogP) is 3.25. The summed E-state index contributed by atoms with van der Waals surface area (Å²) in [5, 5.41) is 3.44. The average Bonchev–Trinajstić information content (AvgIpc) is 2.66. The molecule has 0 aliphatic heterocycles. The van der Waals surface area contributed by atoms with Crippen LogP contribution in [0.5, 0.6) is 0 Å². The Hall–Kier alpha value is -1.70. The monoisotopic (exact) mass is 214 g/mol. The number of benzene rings is 1. The van der Waals surface area contributed by atoms with E-state index >= 15 is 0 Å². The first-order valence-electron chi connectivity index (χ1n) is 5.58. The van der Waals surface area contributed by atoms with Crippen LogP contribution in [0.1, 0.15) is 16.8 Å². The van der Waals surface area contributed by atoms with Gasteiger partial charge < -0.3 is 9.88 Å². The molecule has 2 aromatic rings. The summed E-state index contributed by atoms with van der Waals surface area (Å²) in [4.78, 5) is 0. The van der Waals surface area contributed by atoms with Crippen LogP contribution in [0.3, 0.4) is 0 Å². The molecule has 0 unspecified atom stereocenters. The first-order chi connectivity index (χ1) is 7.66. The third-order valence-electron chi connectivity index (χ3n) is 3.03. The lowest BCUT2D eigenvalue weighted by Gasteiger charge is -2.09. The van der Waals surface area contributed by atoms with Gasteiger partial charge in [-0.3, -0.25) is 0 Å². The lowest BCUT2D eigenvalue weighted by Crippen LogP contribution is -2.04. The Balaban J connectivity index is 2.05. The lowest BCUT2D eigenvalue weighted by atomic mass is 10.1. The molecule has 0 radical (unpaired) electrons. The Labute approximate surface area is 96.9 Å². The summed E-state index contributed by atoms with van der Waals surface area (Å²) in [5.41, 5.74) is 5.14. The summed E-state index contributed by atoms with van der Waals surface area (Å²) in [6.07, 6.45) is 2.07. The molecule has 1 aromatic heterocycles. The first-order valence-corrected chi connectivity index (χ1v) is 5.58. The van der Waals surface area contributed by atoms with Crippen molar-refractivity contribution in [2.45, 2.75) is 20.4 Å². The van der Waals surface area contributed by atoms with Gasteiger partial charge >= 0.3 is 0 Å². The van der Waals surface area contributed by atoms with Crippen LogP contribution in [0, 0.1) is 13.8 Å². The molecular formula is C14H18N2. The number of nitrogens with zero attached hydrogens (tertiary/aromatic N) is 1. The molecule has 0 spiro atoms. The molecule has 2 rings (SSSR count). The SMILES string of the molecule is Cc1ccc(NCc2cccn2C)cc1C. The minimum atomic E-state index is 0.867. The van der Waals surface area contributed by atoms with E-state index in [9.17, 15) is 0 Å². The van der Waals surface area contributed by atoms with Gasteiger partial charge in [0.15, 0.2) is 0 Å². The number of aromatic nitrogens is 1. The zero-order valence-electron chi connectivity index (χ0n) is 10.1. The van der Waals surface area contributed by atoms with Crippen molar-refractivity contribution in [2.75, 3.05) is 5.32 Å². The quantitative estimate of drug-likeness (QED) is 0.830. The number of aryl methyl sites for hydroxylation is 3. The summed E-state index contributed by atoms with van der Waals surface area (Å²) >= 11 is 0. The second kappa shape index (κ2) is 4.44. The third-order valence-corrected chi connectivity index (χ3v) is 3.03. The highest BCUT2D eigenvalue weighted by atomic mass is 15.0. The van der Waals surface area contributed by atoms with Crippen LogP contribution in [0.25, 0.3) is 0 Å². The van der Waals surface area contributed by atoms with E-state index < -0.39 is 0 Å². The van der Waals surface area contributed by atoms with E-state index in [2.05, 4.69) is 67.3 Å². The molecule has 2 heteroatoms. The number of hydrogen-bond donors (Lipinski definition) is 1. The third kappa shape index (κ3) is 2.27. The zero-order valence-corrected chi connectivity index (χ0v) is 10.1. The molecular weight excluding hydrogens is 196 g/mol. The van der Waals surface area contributed by atoms with Crippen LogP contribution < -0.4 is 5.32 Å². The Bertz CT molecular complexity index is 483. The van der Waals surface area contributed by atoms with Crippen LogP contribution in [-0.2, 0) is 13.6 Å². The van der Waals surface area contributed by atoms with Gasteiger partial charge in [-0.15, -0.1) is 0 Å². The minimum absolute atomic E-state index is 0.867. The van der Waals surface area contributed by atoms with Gasteiger partial charge in [-0.1, -0.05) is 6.07 Å². The van der Waals surface area contributed by atoms with E-state index in [1.165, 1.54) is 22.5 Å². The Morgan fingerprint density at radius 2 is 1.94 bits per heavy atom. The van der Waals surface area contributed by atoms with Crippen molar-refractivity contribution in [3.63, 3.8) is 0 Å². The predicted molar refractivity (Wildman–Crippen MR) is 68.7 cm³/mol. The molecule has 0 saturated carbocycles. The topological polar surface area (TPSA) is 17.0 Å². The van der Waals surface area contributed by atoms with Gasteiger partial charge in [0.2, 0.25) is 0 Å². The van der Waals surface area contributed by atoms with Gasteiger partial charge in [0.05, 0.1) is 6.54 Å². The van der Waals surface area contributed by atoms with E-state index in [0.717, 1.165) is 6.54 Å². The van der Waals surface area contributed by atoms with Gasteiger partial charge in [-0.05, 0) is 49.2 Å². The largest absolute Gasteiger partial charge is 0.379 e. The highest BCUT2D eigenvalue weighted by Crippen LogP contribution is 2.15. The number of nitrogens with one attached hydrogen (secondary N) is 1. The maximum absolute atomic E-state index is 3.44. The number of rotatable bonds is 3. The van der Waals surface area contributed by atoms with Gasteiger partial charge in [0, 0.05) is 24.6 Å². The lowest BCUT2D eigenvalue weighted by molar-refractivity contribution is 0.842. The molecule has 0 aliphatic rings. The van der Waals surface area contributed by atoms with Crippen molar-refractivity contribution in [3.05, 3.63) is 53.3 Å². The van der Waals surface area contributed by atoms with E-state index in [4.69, 9.17) is 0 Å². The first kappa shape index (κ1) is 10.8. The summed E-state index contributed by atoms with van der Waals surface area (Å²) < 4.78 is 2.13. The number of hydrogen-bond acceptors (Lipinski definition) is 1. The molecule has 1 aromatic carbocycles. The Morgan fingerprint density at radius 3 is 2.56 bits per heavy atom.